The Balaban J connectivity index is 1.66. The molecule has 0 radical (unpaired) electrons. The molecule has 0 heterocycles. The SMILES string of the molecule is CC(C)c1ccc(CNC(Cc2ccccc2)Cc2ccccc2)cc1. The second kappa shape index (κ2) is 9.35. The number of rotatable bonds is 8. The lowest BCUT2D eigenvalue weighted by Crippen LogP contribution is -2.32. The van der Waals surface area contributed by atoms with E-state index in [-0.39, 0.29) is 0 Å². The van der Waals surface area contributed by atoms with Gasteiger partial charge in [-0.2, -0.15) is 0 Å². The molecule has 0 atom stereocenters. The average molecular weight is 344 g/mol. The molecule has 3 aromatic rings. The minimum Gasteiger partial charge on any atom is -0.309 e. The monoisotopic (exact) mass is 343 g/mol. The van der Waals surface area contributed by atoms with Crippen LogP contribution < -0.4 is 5.32 Å². The van der Waals surface area contributed by atoms with Crippen LogP contribution in [0.15, 0.2) is 84.9 Å². The quantitative estimate of drug-likeness (QED) is 0.549. The van der Waals surface area contributed by atoms with Gasteiger partial charge in [-0.05, 0) is 41.0 Å². The summed E-state index contributed by atoms with van der Waals surface area (Å²) in [6.45, 7) is 5.38. The molecule has 26 heavy (non-hydrogen) atoms. The lowest BCUT2D eigenvalue weighted by atomic mass is 9.98. The third-order valence-corrected chi connectivity index (χ3v) is 4.89. The van der Waals surface area contributed by atoms with Crippen LogP contribution in [0, 0.1) is 0 Å². The molecular formula is C25H29N. The fourth-order valence-corrected chi connectivity index (χ4v) is 3.30. The molecule has 0 aliphatic rings. The minimum atomic E-state index is 0.421. The van der Waals surface area contributed by atoms with Gasteiger partial charge in [-0.15, -0.1) is 0 Å². The number of hydrogen-bond donors (Lipinski definition) is 1. The third kappa shape index (κ3) is 5.57. The van der Waals surface area contributed by atoms with E-state index >= 15 is 0 Å². The molecule has 0 fully saturated rings. The molecular weight excluding hydrogens is 314 g/mol. The highest BCUT2D eigenvalue weighted by atomic mass is 14.9. The van der Waals surface area contributed by atoms with E-state index in [1.165, 1.54) is 22.3 Å². The molecule has 0 aromatic heterocycles. The fourth-order valence-electron chi connectivity index (χ4n) is 3.30. The number of hydrogen-bond acceptors (Lipinski definition) is 1. The van der Waals surface area contributed by atoms with E-state index < -0.39 is 0 Å². The van der Waals surface area contributed by atoms with Crippen molar-refractivity contribution in [2.75, 3.05) is 0 Å². The normalized spacial score (nSPS) is 11.2. The molecule has 1 N–H and O–H groups in total. The smallest absolute Gasteiger partial charge is 0.0208 e. The third-order valence-electron chi connectivity index (χ3n) is 4.89. The molecule has 0 saturated carbocycles. The lowest BCUT2D eigenvalue weighted by molar-refractivity contribution is 0.504. The first-order valence-electron chi connectivity index (χ1n) is 9.61. The molecule has 0 amide bonds. The summed E-state index contributed by atoms with van der Waals surface area (Å²) in [5, 5.41) is 3.78. The van der Waals surface area contributed by atoms with E-state index in [1.807, 2.05) is 0 Å². The van der Waals surface area contributed by atoms with Crippen molar-refractivity contribution < 1.29 is 0 Å². The van der Waals surface area contributed by atoms with E-state index in [2.05, 4.69) is 104 Å². The van der Waals surface area contributed by atoms with Gasteiger partial charge in [0.1, 0.15) is 0 Å². The largest absolute Gasteiger partial charge is 0.309 e. The molecule has 0 aliphatic carbocycles. The summed E-state index contributed by atoms with van der Waals surface area (Å²) in [5.41, 5.74) is 5.52. The van der Waals surface area contributed by atoms with Crippen molar-refractivity contribution in [1.29, 1.82) is 0 Å². The van der Waals surface area contributed by atoms with Gasteiger partial charge in [-0.1, -0.05) is 98.8 Å². The van der Waals surface area contributed by atoms with Gasteiger partial charge in [0.25, 0.3) is 0 Å². The van der Waals surface area contributed by atoms with Gasteiger partial charge in [-0.3, -0.25) is 0 Å². The first-order valence-corrected chi connectivity index (χ1v) is 9.61. The molecule has 0 bridgehead atoms. The van der Waals surface area contributed by atoms with Crippen LogP contribution in [0.5, 0.6) is 0 Å². The Hall–Kier alpha value is -2.38. The predicted octanol–water partition coefficient (Wildman–Crippen LogP) is 5.75. The maximum Gasteiger partial charge on any atom is 0.0208 e. The van der Waals surface area contributed by atoms with Gasteiger partial charge in [0.2, 0.25) is 0 Å². The number of benzene rings is 3. The van der Waals surface area contributed by atoms with Crippen LogP contribution in [0.3, 0.4) is 0 Å². The van der Waals surface area contributed by atoms with Gasteiger partial charge in [-0.25, -0.2) is 0 Å². The van der Waals surface area contributed by atoms with E-state index in [9.17, 15) is 0 Å². The second-order valence-electron chi connectivity index (χ2n) is 7.35. The highest BCUT2D eigenvalue weighted by molar-refractivity contribution is 5.25. The van der Waals surface area contributed by atoms with Crippen LogP contribution in [0.4, 0.5) is 0 Å². The fraction of sp³-hybridized carbons (Fsp3) is 0.280. The Labute approximate surface area is 158 Å². The van der Waals surface area contributed by atoms with Crippen molar-refractivity contribution in [2.45, 2.75) is 45.2 Å². The standard InChI is InChI=1S/C25H29N/c1-20(2)24-15-13-23(14-16-24)19-26-25(17-21-9-5-3-6-10-21)18-22-11-7-4-8-12-22/h3-16,20,25-26H,17-19H2,1-2H3. The molecule has 0 aliphatic heterocycles. The van der Waals surface area contributed by atoms with Crippen LogP contribution in [0.2, 0.25) is 0 Å². The zero-order valence-corrected chi connectivity index (χ0v) is 15.9. The molecule has 1 nitrogen and oxygen atoms in total. The highest BCUT2D eigenvalue weighted by Crippen LogP contribution is 2.15. The topological polar surface area (TPSA) is 12.0 Å². The molecule has 0 unspecified atom stereocenters. The molecule has 0 spiro atoms. The van der Waals surface area contributed by atoms with E-state index in [1.54, 1.807) is 0 Å². The molecule has 3 aromatic carbocycles. The lowest BCUT2D eigenvalue weighted by Gasteiger charge is -2.20. The minimum absolute atomic E-state index is 0.421. The van der Waals surface area contributed by atoms with Crippen molar-refractivity contribution in [2.24, 2.45) is 0 Å². The maximum atomic E-state index is 3.78. The van der Waals surface area contributed by atoms with Crippen molar-refractivity contribution in [3.63, 3.8) is 0 Å². The number of nitrogens with one attached hydrogen (secondary N) is 1. The van der Waals surface area contributed by atoms with Crippen LogP contribution in [-0.4, -0.2) is 6.04 Å². The summed E-state index contributed by atoms with van der Waals surface area (Å²) in [6, 6.07) is 31.0. The van der Waals surface area contributed by atoms with Crippen molar-refractivity contribution >= 4 is 0 Å². The maximum absolute atomic E-state index is 3.78. The molecule has 0 saturated heterocycles. The van der Waals surface area contributed by atoms with Crippen molar-refractivity contribution in [3.8, 4) is 0 Å². The Bertz CT molecular complexity index is 719. The summed E-state index contributed by atoms with van der Waals surface area (Å²) in [5.74, 6) is 0.584. The van der Waals surface area contributed by atoms with Gasteiger partial charge < -0.3 is 5.32 Å². The van der Waals surface area contributed by atoms with Gasteiger partial charge in [0.15, 0.2) is 0 Å². The summed E-state index contributed by atoms with van der Waals surface area (Å²) in [4.78, 5) is 0. The van der Waals surface area contributed by atoms with Crippen LogP contribution in [0.25, 0.3) is 0 Å². The molecule has 1 heteroatoms. The van der Waals surface area contributed by atoms with E-state index in [0.717, 1.165) is 19.4 Å². The zero-order chi connectivity index (χ0) is 18.2. The Morgan fingerprint density at radius 2 is 1.12 bits per heavy atom. The molecule has 3 rings (SSSR count). The van der Waals surface area contributed by atoms with E-state index in [4.69, 9.17) is 0 Å². The first kappa shape index (κ1) is 18.4. The summed E-state index contributed by atoms with van der Waals surface area (Å²) in [7, 11) is 0. The Morgan fingerprint density at radius 3 is 1.58 bits per heavy atom. The second-order valence-corrected chi connectivity index (χ2v) is 7.35. The van der Waals surface area contributed by atoms with Crippen molar-refractivity contribution in [1.82, 2.24) is 5.32 Å². The first-order chi connectivity index (χ1) is 12.7. The van der Waals surface area contributed by atoms with Gasteiger partial charge >= 0.3 is 0 Å². The zero-order valence-electron chi connectivity index (χ0n) is 15.9. The van der Waals surface area contributed by atoms with Gasteiger partial charge in [0.05, 0.1) is 0 Å². The summed E-state index contributed by atoms with van der Waals surface area (Å²) >= 11 is 0. The predicted molar refractivity (Wildman–Crippen MR) is 111 cm³/mol. The highest BCUT2D eigenvalue weighted by Gasteiger charge is 2.11. The summed E-state index contributed by atoms with van der Waals surface area (Å²) < 4.78 is 0. The van der Waals surface area contributed by atoms with Crippen LogP contribution in [-0.2, 0) is 19.4 Å². The van der Waals surface area contributed by atoms with Gasteiger partial charge in [0, 0.05) is 12.6 Å². The van der Waals surface area contributed by atoms with Crippen molar-refractivity contribution in [3.05, 3.63) is 107 Å². The van der Waals surface area contributed by atoms with E-state index in [0.29, 0.717) is 12.0 Å². The average Bonchev–Trinajstić information content (AvgIpc) is 2.68. The van der Waals surface area contributed by atoms with Crippen LogP contribution >= 0.6 is 0 Å². The summed E-state index contributed by atoms with van der Waals surface area (Å²) in [6.07, 6.45) is 2.08. The Morgan fingerprint density at radius 1 is 0.615 bits per heavy atom. The Kier molecular flexibility index (Phi) is 6.62. The van der Waals surface area contributed by atoms with Crippen LogP contribution in [0.1, 0.15) is 42.0 Å². The molecule has 134 valence electrons.